The van der Waals surface area contributed by atoms with Crippen LogP contribution in [-0.2, 0) is 5.75 Å². The summed E-state index contributed by atoms with van der Waals surface area (Å²) >= 11 is 1.21. The summed E-state index contributed by atoms with van der Waals surface area (Å²) in [7, 11) is 1.55. The molecule has 3 aromatic carbocycles. The van der Waals surface area contributed by atoms with Gasteiger partial charge in [0.15, 0.2) is 16.8 Å². The average Bonchev–Trinajstić information content (AvgIpc) is 3.24. The van der Waals surface area contributed by atoms with Crippen LogP contribution in [0, 0.1) is 11.6 Å². The molecule has 5 rings (SSSR count). The van der Waals surface area contributed by atoms with Gasteiger partial charge in [0.05, 0.1) is 23.7 Å². The predicted octanol–water partition coefficient (Wildman–Crippen LogP) is 4.61. The van der Waals surface area contributed by atoms with Gasteiger partial charge in [0.1, 0.15) is 5.75 Å². The van der Waals surface area contributed by atoms with Crippen molar-refractivity contribution in [2.75, 3.05) is 7.11 Å². The number of hydrogen-bond acceptors (Lipinski definition) is 5. The summed E-state index contributed by atoms with van der Waals surface area (Å²) in [6.45, 7) is 0. The number of fused-ring (bicyclic) bond motifs is 3. The number of ether oxygens (including phenoxy) is 1. The minimum Gasteiger partial charge on any atom is -0.497 e. The Morgan fingerprint density at radius 2 is 1.81 bits per heavy atom. The molecular formula is C23H16F2N4O2S. The number of hydrogen-bond donors (Lipinski definition) is 0. The molecule has 5 aromatic rings. The predicted molar refractivity (Wildman–Crippen MR) is 119 cm³/mol. The third kappa shape index (κ3) is 3.31. The molecule has 0 aliphatic rings. The molecule has 0 radical (unpaired) electrons. The van der Waals surface area contributed by atoms with E-state index in [1.807, 2.05) is 6.07 Å². The highest BCUT2D eigenvalue weighted by Crippen LogP contribution is 2.27. The van der Waals surface area contributed by atoms with Gasteiger partial charge in [-0.25, -0.2) is 13.3 Å². The van der Waals surface area contributed by atoms with Crippen LogP contribution in [0.15, 0.2) is 76.7 Å². The fraction of sp³-hybridized carbons (Fsp3) is 0.0870. The molecule has 9 heteroatoms. The molecule has 0 N–H and O–H groups in total. The quantitative estimate of drug-likeness (QED) is 0.366. The van der Waals surface area contributed by atoms with Gasteiger partial charge in [-0.15, -0.1) is 10.2 Å². The van der Waals surface area contributed by atoms with Gasteiger partial charge in [0.2, 0.25) is 5.78 Å². The summed E-state index contributed by atoms with van der Waals surface area (Å²) in [6, 6.07) is 18.3. The summed E-state index contributed by atoms with van der Waals surface area (Å²) in [4.78, 5) is 13.4. The number of benzene rings is 3. The largest absolute Gasteiger partial charge is 0.497 e. The maximum atomic E-state index is 14.1. The molecular weight excluding hydrogens is 434 g/mol. The van der Waals surface area contributed by atoms with E-state index in [0.29, 0.717) is 33.3 Å². The number of para-hydroxylation sites is 1. The lowest BCUT2D eigenvalue weighted by Gasteiger charge is -2.12. The molecule has 0 spiro atoms. The maximum Gasteiger partial charge on any atom is 0.267 e. The van der Waals surface area contributed by atoms with Crippen molar-refractivity contribution in [3.63, 3.8) is 0 Å². The van der Waals surface area contributed by atoms with E-state index in [1.54, 1.807) is 54.0 Å². The van der Waals surface area contributed by atoms with E-state index in [-0.39, 0.29) is 16.9 Å². The van der Waals surface area contributed by atoms with Crippen molar-refractivity contribution < 1.29 is 13.5 Å². The molecule has 6 nitrogen and oxygen atoms in total. The van der Waals surface area contributed by atoms with Crippen LogP contribution in [0.4, 0.5) is 8.78 Å². The molecule has 0 saturated carbocycles. The van der Waals surface area contributed by atoms with Crippen LogP contribution >= 0.6 is 11.8 Å². The van der Waals surface area contributed by atoms with E-state index < -0.39 is 11.6 Å². The number of methoxy groups -OCH3 is 1. The van der Waals surface area contributed by atoms with Crippen LogP contribution in [0.2, 0.25) is 0 Å². The van der Waals surface area contributed by atoms with Gasteiger partial charge in [-0.1, -0.05) is 42.1 Å². The van der Waals surface area contributed by atoms with Crippen LogP contribution in [0.25, 0.3) is 22.4 Å². The van der Waals surface area contributed by atoms with E-state index in [2.05, 4.69) is 10.2 Å². The molecule has 2 aromatic heterocycles. The first-order chi connectivity index (χ1) is 15.6. The second-order valence-electron chi connectivity index (χ2n) is 6.98. The first-order valence-electron chi connectivity index (χ1n) is 9.67. The van der Waals surface area contributed by atoms with E-state index in [1.165, 1.54) is 28.5 Å². The first kappa shape index (κ1) is 20.2. The number of nitrogens with zero attached hydrogens (tertiary/aromatic N) is 4. The Hall–Kier alpha value is -3.72. The summed E-state index contributed by atoms with van der Waals surface area (Å²) in [6.07, 6.45) is 0. The van der Waals surface area contributed by atoms with Crippen molar-refractivity contribution in [3.05, 3.63) is 94.3 Å². The average molecular weight is 450 g/mol. The van der Waals surface area contributed by atoms with Crippen LogP contribution in [-0.4, -0.2) is 26.3 Å². The lowest BCUT2D eigenvalue weighted by atomic mass is 10.2. The van der Waals surface area contributed by atoms with Crippen molar-refractivity contribution in [2.24, 2.45) is 0 Å². The highest BCUT2D eigenvalue weighted by molar-refractivity contribution is 7.98. The van der Waals surface area contributed by atoms with Crippen molar-refractivity contribution >= 4 is 28.4 Å². The topological polar surface area (TPSA) is 61.4 Å². The maximum absolute atomic E-state index is 14.1. The van der Waals surface area contributed by atoms with E-state index in [4.69, 9.17) is 4.74 Å². The standard InChI is InChI=1S/C23H16F2N4O2S/c1-31-16-8-5-7-15(12-16)28-21(30)17-9-2-3-11-19(17)29-22(28)26-27-23(29)32-13-14-6-4-10-18(24)20(14)25/h2-12H,13H2,1H3. The number of thioether (sulfide) groups is 1. The van der Waals surface area contributed by atoms with E-state index >= 15 is 0 Å². The molecule has 0 aliphatic heterocycles. The van der Waals surface area contributed by atoms with E-state index in [0.717, 1.165) is 6.07 Å². The zero-order chi connectivity index (χ0) is 22.2. The monoisotopic (exact) mass is 450 g/mol. The molecule has 0 bridgehead atoms. The molecule has 0 saturated heterocycles. The fourth-order valence-corrected chi connectivity index (χ4v) is 4.47. The third-order valence-corrected chi connectivity index (χ3v) is 6.07. The fourth-order valence-electron chi connectivity index (χ4n) is 3.56. The molecule has 0 amide bonds. The second-order valence-corrected chi connectivity index (χ2v) is 7.92. The van der Waals surface area contributed by atoms with Crippen molar-refractivity contribution in [3.8, 4) is 11.4 Å². The van der Waals surface area contributed by atoms with Crippen molar-refractivity contribution in [1.29, 1.82) is 0 Å². The van der Waals surface area contributed by atoms with Crippen molar-refractivity contribution in [2.45, 2.75) is 10.9 Å². The lowest BCUT2D eigenvalue weighted by Crippen LogP contribution is -2.21. The van der Waals surface area contributed by atoms with Gasteiger partial charge in [-0.05, 0) is 30.3 Å². The van der Waals surface area contributed by atoms with Gasteiger partial charge in [-0.2, -0.15) is 0 Å². The smallest absolute Gasteiger partial charge is 0.267 e. The molecule has 0 unspecified atom stereocenters. The van der Waals surface area contributed by atoms with Gasteiger partial charge in [0.25, 0.3) is 5.56 Å². The SMILES string of the molecule is COc1cccc(-n2c(=O)c3ccccc3n3c(SCc4cccc(F)c4F)nnc23)c1. The van der Waals surface area contributed by atoms with Gasteiger partial charge in [-0.3, -0.25) is 9.20 Å². The Kier molecular flexibility index (Phi) is 5.10. The summed E-state index contributed by atoms with van der Waals surface area (Å²) in [5, 5.41) is 9.44. The molecule has 0 aliphatic carbocycles. The molecule has 0 fully saturated rings. The highest BCUT2D eigenvalue weighted by Gasteiger charge is 2.19. The minimum atomic E-state index is -0.897. The van der Waals surface area contributed by atoms with Crippen LogP contribution in [0.5, 0.6) is 5.75 Å². The van der Waals surface area contributed by atoms with E-state index in [9.17, 15) is 13.6 Å². The summed E-state index contributed by atoms with van der Waals surface area (Å²) in [5.41, 5.74) is 1.17. The Morgan fingerprint density at radius 3 is 2.66 bits per heavy atom. The van der Waals surface area contributed by atoms with Crippen molar-refractivity contribution in [1.82, 2.24) is 19.2 Å². The summed E-state index contributed by atoms with van der Waals surface area (Å²) in [5.74, 6) is -0.726. The Bertz CT molecular complexity index is 1530. The van der Waals surface area contributed by atoms with Crippen LogP contribution in [0.1, 0.15) is 5.56 Å². The Labute approximate surface area is 185 Å². The summed E-state index contributed by atoms with van der Waals surface area (Å²) < 4.78 is 36.2. The lowest BCUT2D eigenvalue weighted by molar-refractivity contribution is 0.414. The minimum absolute atomic E-state index is 0.150. The number of rotatable bonds is 5. The number of halogens is 2. The molecule has 32 heavy (non-hydrogen) atoms. The Balaban J connectivity index is 1.71. The second kappa shape index (κ2) is 8.08. The third-order valence-electron chi connectivity index (χ3n) is 5.09. The zero-order valence-electron chi connectivity index (χ0n) is 16.8. The van der Waals surface area contributed by atoms with Gasteiger partial charge in [0, 0.05) is 17.4 Å². The highest BCUT2D eigenvalue weighted by atomic mass is 32.2. The van der Waals surface area contributed by atoms with Gasteiger partial charge < -0.3 is 4.74 Å². The molecule has 160 valence electrons. The van der Waals surface area contributed by atoms with Crippen LogP contribution < -0.4 is 10.3 Å². The van der Waals surface area contributed by atoms with Gasteiger partial charge >= 0.3 is 0 Å². The van der Waals surface area contributed by atoms with Crippen LogP contribution in [0.3, 0.4) is 0 Å². The first-order valence-corrected chi connectivity index (χ1v) is 10.7. The zero-order valence-corrected chi connectivity index (χ0v) is 17.6. The molecule has 2 heterocycles. The molecule has 0 atom stereocenters. The number of aromatic nitrogens is 4. The Morgan fingerprint density at radius 1 is 1.00 bits per heavy atom. The normalized spacial score (nSPS) is 11.3.